The normalized spacial score (nSPS) is 21.5. The summed E-state index contributed by atoms with van der Waals surface area (Å²) in [7, 11) is -1.47. The van der Waals surface area contributed by atoms with E-state index in [1.807, 2.05) is 11.8 Å². The van der Waals surface area contributed by atoms with Gasteiger partial charge >= 0.3 is 0 Å². The van der Waals surface area contributed by atoms with E-state index < -0.39 is 10.0 Å². The number of amides is 1. The largest absolute Gasteiger partial charge is 0.369 e. The Kier molecular flexibility index (Phi) is 7.51. The maximum absolute atomic E-state index is 13.4. The van der Waals surface area contributed by atoms with Crippen LogP contribution in [0.15, 0.2) is 30.6 Å². The zero-order valence-corrected chi connectivity index (χ0v) is 22.9. The number of carbonyl (C=O) groups is 1. The zero-order valence-electron chi connectivity index (χ0n) is 22.1. The predicted octanol–water partition coefficient (Wildman–Crippen LogP) is 2.50. The molecule has 37 heavy (non-hydrogen) atoms. The summed E-state index contributed by atoms with van der Waals surface area (Å²) in [5, 5.41) is 3.46. The van der Waals surface area contributed by atoms with Crippen LogP contribution in [0.25, 0.3) is 0 Å². The molecule has 1 unspecified atom stereocenters. The van der Waals surface area contributed by atoms with E-state index in [0.29, 0.717) is 30.7 Å². The third kappa shape index (κ3) is 5.51. The van der Waals surface area contributed by atoms with E-state index in [-0.39, 0.29) is 11.9 Å². The molecule has 0 bridgehead atoms. The SMILES string of the molecule is Cc1c(NCC2Cc3ccccc32)ncnc1C(=O)N1CCC(N2CCC(N(C)S(C)(=O)=O)CC2)CC1. The van der Waals surface area contributed by atoms with Crippen molar-refractivity contribution >= 4 is 21.7 Å². The molecule has 0 spiro atoms. The van der Waals surface area contributed by atoms with Gasteiger partial charge in [-0.05, 0) is 63.2 Å². The molecule has 2 fully saturated rings. The Labute approximate surface area is 220 Å². The molecule has 5 rings (SSSR count). The lowest BCUT2D eigenvalue weighted by Gasteiger charge is -2.43. The van der Waals surface area contributed by atoms with E-state index in [4.69, 9.17) is 0 Å². The molecule has 10 heteroatoms. The summed E-state index contributed by atoms with van der Waals surface area (Å²) in [4.78, 5) is 26.5. The van der Waals surface area contributed by atoms with Gasteiger partial charge in [0.05, 0.1) is 6.26 Å². The van der Waals surface area contributed by atoms with Gasteiger partial charge in [0.1, 0.15) is 17.8 Å². The van der Waals surface area contributed by atoms with E-state index in [9.17, 15) is 13.2 Å². The average molecular weight is 527 g/mol. The van der Waals surface area contributed by atoms with Gasteiger partial charge in [0.25, 0.3) is 5.91 Å². The van der Waals surface area contributed by atoms with Gasteiger partial charge in [-0.1, -0.05) is 24.3 Å². The topological polar surface area (TPSA) is 98.7 Å². The van der Waals surface area contributed by atoms with Crippen LogP contribution in [0.1, 0.15) is 58.8 Å². The molecular formula is C27H38N6O3S. The number of anilines is 1. The van der Waals surface area contributed by atoms with Crippen LogP contribution in [0.5, 0.6) is 0 Å². The molecular weight excluding hydrogens is 488 g/mol. The van der Waals surface area contributed by atoms with Crippen LogP contribution < -0.4 is 5.32 Å². The summed E-state index contributed by atoms with van der Waals surface area (Å²) in [6, 6.07) is 9.05. The van der Waals surface area contributed by atoms with Gasteiger partial charge in [-0.25, -0.2) is 22.7 Å². The molecule has 1 aromatic carbocycles. The number of benzene rings is 1. The fraction of sp³-hybridized carbons (Fsp3) is 0.593. The second-order valence-corrected chi connectivity index (χ2v) is 12.8. The number of likely N-dealkylation sites (tertiary alicyclic amines) is 2. The van der Waals surface area contributed by atoms with Crippen LogP contribution in [0.4, 0.5) is 5.82 Å². The monoisotopic (exact) mass is 526 g/mol. The van der Waals surface area contributed by atoms with E-state index in [2.05, 4.69) is 44.5 Å². The lowest BCUT2D eigenvalue weighted by atomic mass is 9.77. The van der Waals surface area contributed by atoms with Gasteiger partial charge < -0.3 is 15.1 Å². The predicted molar refractivity (Wildman–Crippen MR) is 144 cm³/mol. The fourth-order valence-corrected chi connectivity index (χ4v) is 6.83. The highest BCUT2D eigenvalue weighted by atomic mass is 32.2. The Bertz CT molecular complexity index is 1240. The lowest BCUT2D eigenvalue weighted by molar-refractivity contribution is 0.0542. The third-order valence-electron chi connectivity index (χ3n) is 8.57. The van der Waals surface area contributed by atoms with E-state index >= 15 is 0 Å². The quantitative estimate of drug-likeness (QED) is 0.592. The first-order valence-corrected chi connectivity index (χ1v) is 15.2. The minimum atomic E-state index is -3.16. The summed E-state index contributed by atoms with van der Waals surface area (Å²) in [6.07, 6.45) is 7.39. The van der Waals surface area contributed by atoms with Gasteiger partial charge in [0.15, 0.2) is 0 Å². The number of piperidine rings is 2. The number of nitrogens with one attached hydrogen (secondary N) is 1. The number of carbonyl (C=O) groups excluding carboxylic acids is 1. The molecule has 1 atom stereocenters. The third-order valence-corrected chi connectivity index (χ3v) is 9.91. The molecule has 2 aliphatic heterocycles. The number of sulfonamides is 1. The van der Waals surface area contributed by atoms with E-state index in [0.717, 1.165) is 63.1 Å². The van der Waals surface area contributed by atoms with Crippen molar-refractivity contribution < 1.29 is 13.2 Å². The van der Waals surface area contributed by atoms with Gasteiger partial charge in [-0.2, -0.15) is 0 Å². The Hall–Kier alpha value is -2.56. The molecule has 1 aromatic heterocycles. The van der Waals surface area contributed by atoms with Crippen LogP contribution >= 0.6 is 0 Å². The number of hydrogen-bond acceptors (Lipinski definition) is 7. The molecule has 1 N–H and O–H groups in total. The maximum atomic E-state index is 13.4. The van der Waals surface area contributed by atoms with Crippen LogP contribution in [0.3, 0.4) is 0 Å². The van der Waals surface area contributed by atoms with Gasteiger partial charge in [0.2, 0.25) is 10.0 Å². The van der Waals surface area contributed by atoms with Crippen LogP contribution in [-0.2, 0) is 16.4 Å². The molecule has 0 radical (unpaired) electrons. The van der Waals surface area contributed by atoms with Crippen molar-refractivity contribution in [2.45, 2.75) is 57.0 Å². The number of hydrogen-bond donors (Lipinski definition) is 1. The Balaban J connectivity index is 1.13. The van der Waals surface area contributed by atoms with Crippen molar-refractivity contribution in [3.05, 3.63) is 53.0 Å². The summed E-state index contributed by atoms with van der Waals surface area (Å²) < 4.78 is 25.2. The van der Waals surface area contributed by atoms with Crippen molar-refractivity contribution in [3.63, 3.8) is 0 Å². The first kappa shape index (κ1) is 26.1. The van der Waals surface area contributed by atoms with Gasteiger partial charge in [0, 0.05) is 50.2 Å². The summed E-state index contributed by atoms with van der Waals surface area (Å²) in [6.45, 7) is 5.93. The molecule has 2 saturated heterocycles. The highest BCUT2D eigenvalue weighted by molar-refractivity contribution is 7.88. The fourth-order valence-electron chi connectivity index (χ4n) is 6.08. The molecule has 0 saturated carbocycles. The highest BCUT2D eigenvalue weighted by Gasteiger charge is 2.33. The van der Waals surface area contributed by atoms with Crippen LogP contribution in [-0.4, -0.2) is 96.5 Å². The van der Waals surface area contributed by atoms with E-state index in [1.165, 1.54) is 28.0 Å². The smallest absolute Gasteiger partial charge is 0.272 e. The summed E-state index contributed by atoms with van der Waals surface area (Å²) in [5.41, 5.74) is 4.10. The first-order valence-electron chi connectivity index (χ1n) is 13.3. The lowest BCUT2D eigenvalue weighted by Crippen LogP contribution is -2.52. The summed E-state index contributed by atoms with van der Waals surface area (Å²) >= 11 is 0. The van der Waals surface area contributed by atoms with Crippen molar-refractivity contribution in [1.82, 2.24) is 24.1 Å². The molecule has 3 heterocycles. The average Bonchev–Trinajstić information content (AvgIpc) is 2.89. The molecule has 1 amide bonds. The number of aromatic nitrogens is 2. The van der Waals surface area contributed by atoms with Crippen molar-refractivity contribution in [2.24, 2.45) is 0 Å². The number of nitrogens with zero attached hydrogens (tertiary/aromatic N) is 5. The van der Waals surface area contributed by atoms with Gasteiger partial charge in [-0.15, -0.1) is 0 Å². The Morgan fingerprint density at radius 1 is 1.08 bits per heavy atom. The minimum absolute atomic E-state index is 0.0242. The zero-order chi connectivity index (χ0) is 26.2. The maximum Gasteiger partial charge on any atom is 0.272 e. The number of rotatable bonds is 7. The molecule has 9 nitrogen and oxygen atoms in total. The van der Waals surface area contributed by atoms with Crippen molar-refractivity contribution in [3.8, 4) is 0 Å². The second-order valence-electron chi connectivity index (χ2n) is 10.7. The van der Waals surface area contributed by atoms with Crippen LogP contribution in [0, 0.1) is 6.92 Å². The highest BCUT2D eigenvalue weighted by Crippen LogP contribution is 2.35. The number of fused-ring (bicyclic) bond motifs is 1. The Morgan fingerprint density at radius 3 is 2.46 bits per heavy atom. The van der Waals surface area contributed by atoms with Crippen LogP contribution in [0.2, 0.25) is 0 Å². The minimum Gasteiger partial charge on any atom is -0.369 e. The van der Waals surface area contributed by atoms with Crippen molar-refractivity contribution in [2.75, 3.05) is 51.3 Å². The molecule has 200 valence electrons. The molecule has 2 aromatic rings. The van der Waals surface area contributed by atoms with Gasteiger partial charge in [-0.3, -0.25) is 4.79 Å². The van der Waals surface area contributed by atoms with E-state index in [1.54, 1.807) is 7.05 Å². The standard InChI is InChI=1S/C27H38N6O3S/c1-19-25(29-18-30-26(19)28-17-21-16-20-6-4-5-7-24(20)21)27(34)33-14-10-23(11-15-33)32-12-8-22(9-13-32)31(2)37(3,35)36/h4-7,18,21-23H,8-17H2,1-3H3,(H,28,29,30). The molecule has 3 aliphatic rings. The second kappa shape index (κ2) is 10.7. The Morgan fingerprint density at radius 2 is 1.78 bits per heavy atom. The first-order chi connectivity index (χ1) is 17.7. The summed E-state index contributed by atoms with van der Waals surface area (Å²) in [5.74, 6) is 1.18. The van der Waals surface area contributed by atoms with Crippen molar-refractivity contribution in [1.29, 1.82) is 0 Å². The molecule has 1 aliphatic carbocycles.